The van der Waals surface area contributed by atoms with E-state index in [2.05, 4.69) is 4.90 Å². The van der Waals surface area contributed by atoms with Crippen LogP contribution < -0.4 is 0 Å². The van der Waals surface area contributed by atoms with Crippen molar-refractivity contribution in [2.75, 3.05) is 26.5 Å². The summed E-state index contributed by atoms with van der Waals surface area (Å²) in [6, 6.07) is 0.267. The van der Waals surface area contributed by atoms with E-state index < -0.39 is 10.1 Å². The Morgan fingerprint density at radius 1 is 1.46 bits per heavy atom. The maximum atomic E-state index is 10.7. The van der Waals surface area contributed by atoms with E-state index in [4.69, 9.17) is 4.18 Å². The average molecular weight is 207 g/mol. The predicted molar refractivity (Wildman–Crippen MR) is 51.1 cm³/mol. The highest BCUT2D eigenvalue weighted by Gasteiger charge is 2.20. The highest BCUT2D eigenvalue weighted by atomic mass is 32.2. The number of rotatable bonds is 3. The van der Waals surface area contributed by atoms with Gasteiger partial charge in [0, 0.05) is 6.04 Å². The second-order valence-electron chi connectivity index (χ2n) is 3.62. The van der Waals surface area contributed by atoms with Gasteiger partial charge in [-0.15, -0.1) is 0 Å². The van der Waals surface area contributed by atoms with Crippen molar-refractivity contribution in [2.45, 2.75) is 25.3 Å². The maximum Gasteiger partial charge on any atom is 0.264 e. The quantitative estimate of drug-likeness (QED) is 0.630. The van der Waals surface area contributed by atoms with Gasteiger partial charge in [0.1, 0.15) is 0 Å². The van der Waals surface area contributed by atoms with Gasteiger partial charge in [0.2, 0.25) is 0 Å². The lowest BCUT2D eigenvalue weighted by Gasteiger charge is -2.31. The summed E-state index contributed by atoms with van der Waals surface area (Å²) in [5.74, 6) is 0. The molecule has 0 unspecified atom stereocenters. The molecule has 0 saturated carbocycles. The van der Waals surface area contributed by atoms with E-state index in [9.17, 15) is 8.42 Å². The lowest BCUT2D eigenvalue weighted by Crippen LogP contribution is -2.39. The summed E-state index contributed by atoms with van der Waals surface area (Å²) in [7, 11) is -1.26. The second kappa shape index (κ2) is 4.39. The number of nitrogens with zero attached hydrogens (tertiary/aromatic N) is 1. The first-order valence-corrected chi connectivity index (χ1v) is 6.35. The van der Waals surface area contributed by atoms with Gasteiger partial charge in [-0.25, -0.2) is 0 Å². The van der Waals surface area contributed by atoms with E-state index in [1.54, 1.807) is 0 Å². The lowest BCUT2D eigenvalue weighted by molar-refractivity contribution is 0.129. The second-order valence-corrected chi connectivity index (χ2v) is 5.26. The Hall–Kier alpha value is -0.130. The molecular weight excluding hydrogens is 190 g/mol. The molecule has 13 heavy (non-hydrogen) atoms. The summed E-state index contributed by atoms with van der Waals surface area (Å²) in [6.45, 7) is 1.34. The molecule has 0 bridgehead atoms. The molecule has 1 rings (SSSR count). The molecule has 1 fully saturated rings. The number of hydrogen-bond donors (Lipinski definition) is 0. The molecule has 1 heterocycles. The molecule has 0 N–H and O–H groups in total. The fourth-order valence-corrected chi connectivity index (χ4v) is 1.96. The molecule has 1 atom stereocenters. The van der Waals surface area contributed by atoms with Crippen molar-refractivity contribution in [1.82, 2.24) is 4.90 Å². The fourth-order valence-electron chi connectivity index (χ4n) is 1.56. The lowest BCUT2D eigenvalue weighted by atomic mass is 10.0. The van der Waals surface area contributed by atoms with Crippen LogP contribution in [0.15, 0.2) is 0 Å². The fraction of sp³-hybridized carbons (Fsp3) is 1.00. The van der Waals surface area contributed by atoms with Gasteiger partial charge in [0.15, 0.2) is 0 Å². The third-order valence-electron chi connectivity index (χ3n) is 2.40. The highest BCUT2D eigenvalue weighted by molar-refractivity contribution is 7.85. The molecular formula is C8H17NO3S. The molecule has 1 saturated heterocycles. The van der Waals surface area contributed by atoms with Gasteiger partial charge in [0.05, 0.1) is 12.9 Å². The molecule has 4 nitrogen and oxygen atoms in total. The molecule has 0 aromatic heterocycles. The molecule has 0 aliphatic carbocycles. The van der Waals surface area contributed by atoms with Crippen molar-refractivity contribution in [3.05, 3.63) is 0 Å². The smallest absolute Gasteiger partial charge is 0.264 e. The third kappa shape index (κ3) is 4.06. The maximum absolute atomic E-state index is 10.7. The van der Waals surface area contributed by atoms with Gasteiger partial charge in [-0.05, 0) is 26.4 Å². The topological polar surface area (TPSA) is 46.6 Å². The molecule has 0 radical (unpaired) electrons. The summed E-state index contributed by atoms with van der Waals surface area (Å²) in [6.07, 6.45) is 4.50. The van der Waals surface area contributed by atoms with Crippen LogP contribution in [0.5, 0.6) is 0 Å². The van der Waals surface area contributed by atoms with E-state index in [-0.39, 0.29) is 6.04 Å². The molecule has 0 amide bonds. The van der Waals surface area contributed by atoms with Crippen LogP contribution in [-0.2, 0) is 14.3 Å². The van der Waals surface area contributed by atoms with Gasteiger partial charge in [-0.3, -0.25) is 4.18 Å². The first kappa shape index (κ1) is 10.9. The molecule has 0 spiro atoms. The van der Waals surface area contributed by atoms with E-state index in [0.717, 1.165) is 19.2 Å². The predicted octanol–water partition coefficient (Wildman–Crippen LogP) is 0.447. The Balaban J connectivity index is 2.35. The van der Waals surface area contributed by atoms with Crippen LogP contribution in [0.1, 0.15) is 19.3 Å². The Bertz CT molecular complexity index is 250. The third-order valence-corrected chi connectivity index (χ3v) is 2.96. The van der Waals surface area contributed by atoms with Crippen LogP contribution in [0.25, 0.3) is 0 Å². The van der Waals surface area contributed by atoms with Gasteiger partial charge >= 0.3 is 0 Å². The summed E-state index contributed by atoms with van der Waals surface area (Å²) in [5, 5.41) is 0. The normalized spacial score (nSPS) is 26.2. The Morgan fingerprint density at radius 3 is 2.69 bits per heavy atom. The largest absolute Gasteiger partial charge is 0.301 e. The van der Waals surface area contributed by atoms with Crippen molar-refractivity contribution in [2.24, 2.45) is 0 Å². The zero-order valence-corrected chi connectivity index (χ0v) is 9.01. The highest BCUT2D eigenvalue weighted by Crippen LogP contribution is 2.15. The van der Waals surface area contributed by atoms with Crippen molar-refractivity contribution in [1.29, 1.82) is 0 Å². The van der Waals surface area contributed by atoms with E-state index in [1.165, 1.54) is 12.8 Å². The average Bonchev–Trinajstić information content (AvgIpc) is 2.01. The number of hydrogen-bond acceptors (Lipinski definition) is 4. The van der Waals surface area contributed by atoms with Gasteiger partial charge in [-0.2, -0.15) is 8.42 Å². The van der Waals surface area contributed by atoms with Crippen molar-refractivity contribution in [3.63, 3.8) is 0 Å². The van der Waals surface area contributed by atoms with Crippen molar-refractivity contribution < 1.29 is 12.6 Å². The SMILES string of the molecule is CN1CCCC[C@H]1COS(C)(=O)=O. The minimum Gasteiger partial charge on any atom is -0.301 e. The number of likely N-dealkylation sites (N-methyl/N-ethyl adjacent to an activating group) is 1. The molecule has 78 valence electrons. The summed E-state index contributed by atoms with van der Waals surface area (Å²) in [5.41, 5.74) is 0. The Morgan fingerprint density at radius 2 is 2.15 bits per heavy atom. The van der Waals surface area contributed by atoms with E-state index >= 15 is 0 Å². The standard InChI is InChI=1S/C8H17NO3S/c1-9-6-4-3-5-8(9)7-12-13(2,10)11/h8H,3-7H2,1-2H3/t8-/m0/s1. The van der Waals surface area contributed by atoms with Crippen LogP contribution in [0.2, 0.25) is 0 Å². The summed E-state index contributed by atoms with van der Waals surface area (Å²) >= 11 is 0. The Kier molecular flexibility index (Phi) is 3.70. The van der Waals surface area contributed by atoms with E-state index in [1.807, 2.05) is 7.05 Å². The van der Waals surface area contributed by atoms with Crippen molar-refractivity contribution in [3.8, 4) is 0 Å². The van der Waals surface area contributed by atoms with Crippen LogP contribution in [0.4, 0.5) is 0 Å². The zero-order valence-electron chi connectivity index (χ0n) is 8.19. The minimum absolute atomic E-state index is 0.267. The van der Waals surface area contributed by atoms with E-state index in [0.29, 0.717) is 6.61 Å². The first-order chi connectivity index (χ1) is 5.99. The number of piperidine rings is 1. The molecule has 1 aliphatic rings. The molecule has 1 aliphatic heterocycles. The van der Waals surface area contributed by atoms with Gasteiger partial charge in [0.25, 0.3) is 10.1 Å². The summed E-state index contributed by atoms with van der Waals surface area (Å²) < 4.78 is 26.2. The first-order valence-electron chi connectivity index (χ1n) is 4.54. The monoisotopic (exact) mass is 207 g/mol. The summed E-state index contributed by atoms with van der Waals surface area (Å²) in [4.78, 5) is 2.16. The Labute approximate surface area is 80.0 Å². The molecule has 0 aromatic rings. The minimum atomic E-state index is -3.27. The molecule has 5 heteroatoms. The molecule has 0 aromatic carbocycles. The number of likely N-dealkylation sites (tertiary alicyclic amines) is 1. The zero-order chi connectivity index (χ0) is 9.90. The van der Waals surface area contributed by atoms with Gasteiger partial charge in [-0.1, -0.05) is 6.42 Å². The van der Waals surface area contributed by atoms with Gasteiger partial charge < -0.3 is 4.90 Å². The van der Waals surface area contributed by atoms with Crippen LogP contribution >= 0.6 is 0 Å². The van der Waals surface area contributed by atoms with Crippen LogP contribution in [0.3, 0.4) is 0 Å². The van der Waals surface area contributed by atoms with Crippen molar-refractivity contribution >= 4 is 10.1 Å². The van der Waals surface area contributed by atoms with Crippen LogP contribution in [0, 0.1) is 0 Å². The van der Waals surface area contributed by atoms with Crippen LogP contribution in [-0.4, -0.2) is 45.8 Å².